The second-order valence-electron chi connectivity index (χ2n) is 5.82. The highest BCUT2D eigenvalue weighted by Crippen LogP contribution is 2.16. The summed E-state index contributed by atoms with van der Waals surface area (Å²) in [6, 6.07) is 2.16. The maximum Gasteiger partial charge on any atom is 0.341 e. The number of methoxy groups -OCH3 is 1. The van der Waals surface area contributed by atoms with Crippen LogP contribution in [0.25, 0.3) is 0 Å². The van der Waals surface area contributed by atoms with Crippen molar-refractivity contribution >= 4 is 5.97 Å². The first-order valence-corrected chi connectivity index (χ1v) is 7.73. The van der Waals surface area contributed by atoms with Gasteiger partial charge in [-0.25, -0.2) is 4.79 Å². The number of aryl methyl sites for hydroxylation is 1. The first-order chi connectivity index (χ1) is 10.1. The number of likely N-dealkylation sites (tertiary alicyclic amines) is 1. The number of carbonyl (C=O) groups is 1. The van der Waals surface area contributed by atoms with E-state index in [0.29, 0.717) is 23.9 Å². The minimum atomic E-state index is -0.344. The summed E-state index contributed by atoms with van der Waals surface area (Å²) in [5.74, 6) is 1.05. The van der Waals surface area contributed by atoms with Crippen LogP contribution in [0.2, 0.25) is 0 Å². The van der Waals surface area contributed by atoms with E-state index in [1.165, 1.54) is 39.5 Å². The number of esters is 1. The van der Waals surface area contributed by atoms with Crippen molar-refractivity contribution in [1.82, 2.24) is 10.2 Å². The van der Waals surface area contributed by atoms with E-state index in [2.05, 4.69) is 17.1 Å². The Morgan fingerprint density at radius 1 is 1.43 bits per heavy atom. The maximum absolute atomic E-state index is 11.5. The largest absolute Gasteiger partial charge is 0.465 e. The molecular formula is C16H26N2O3. The fourth-order valence-corrected chi connectivity index (χ4v) is 2.81. The summed E-state index contributed by atoms with van der Waals surface area (Å²) in [5.41, 5.74) is 0.512. The van der Waals surface area contributed by atoms with Crippen molar-refractivity contribution in [2.24, 2.45) is 0 Å². The van der Waals surface area contributed by atoms with Crippen LogP contribution in [0.4, 0.5) is 0 Å². The number of nitrogens with zero attached hydrogens (tertiary/aromatic N) is 1. The number of piperidine rings is 1. The van der Waals surface area contributed by atoms with Crippen LogP contribution in [0.3, 0.4) is 0 Å². The molecule has 21 heavy (non-hydrogen) atoms. The molecule has 1 saturated heterocycles. The molecule has 5 nitrogen and oxygen atoms in total. The molecule has 1 atom stereocenters. The van der Waals surface area contributed by atoms with Crippen LogP contribution in [0, 0.1) is 6.92 Å². The monoisotopic (exact) mass is 294 g/mol. The van der Waals surface area contributed by atoms with Crippen LogP contribution in [-0.2, 0) is 11.3 Å². The van der Waals surface area contributed by atoms with Gasteiger partial charge in [-0.1, -0.05) is 6.42 Å². The lowest BCUT2D eigenvalue weighted by Crippen LogP contribution is -2.41. The van der Waals surface area contributed by atoms with Crippen LogP contribution in [0.1, 0.15) is 48.1 Å². The minimum absolute atomic E-state index is 0.344. The second-order valence-corrected chi connectivity index (χ2v) is 5.82. The summed E-state index contributed by atoms with van der Waals surface area (Å²) >= 11 is 0. The van der Waals surface area contributed by atoms with Crippen molar-refractivity contribution in [3.05, 3.63) is 23.2 Å². The van der Waals surface area contributed by atoms with E-state index in [0.717, 1.165) is 12.3 Å². The number of ether oxygens (including phenoxy) is 1. The van der Waals surface area contributed by atoms with Crippen molar-refractivity contribution in [1.29, 1.82) is 0 Å². The van der Waals surface area contributed by atoms with Crippen molar-refractivity contribution in [3.8, 4) is 0 Å². The van der Waals surface area contributed by atoms with Gasteiger partial charge < -0.3 is 19.4 Å². The van der Waals surface area contributed by atoms with Crippen molar-refractivity contribution in [2.75, 3.05) is 26.7 Å². The summed E-state index contributed by atoms with van der Waals surface area (Å²) in [6.07, 6.45) is 3.99. The molecule has 2 heterocycles. The second kappa shape index (κ2) is 7.61. The van der Waals surface area contributed by atoms with Gasteiger partial charge in [-0.15, -0.1) is 0 Å². The molecule has 1 N–H and O–H groups in total. The number of hydrogen-bond donors (Lipinski definition) is 1. The molecule has 2 rings (SSSR count). The van der Waals surface area contributed by atoms with E-state index in [1.807, 2.05) is 0 Å². The zero-order valence-corrected chi connectivity index (χ0v) is 13.3. The predicted molar refractivity (Wildman–Crippen MR) is 81.4 cm³/mol. The van der Waals surface area contributed by atoms with Crippen LogP contribution in [0.15, 0.2) is 10.5 Å². The highest BCUT2D eigenvalue weighted by Gasteiger charge is 2.17. The summed E-state index contributed by atoms with van der Waals surface area (Å²) in [7, 11) is 1.38. The molecule has 0 radical (unpaired) electrons. The van der Waals surface area contributed by atoms with E-state index < -0.39 is 0 Å². The Bertz CT molecular complexity index is 464. The van der Waals surface area contributed by atoms with Gasteiger partial charge in [0.25, 0.3) is 0 Å². The molecular weight excluding hydrogens is 268 g/mol. The van der Waals surface area contributed by atoms with Gasteiger partial charge in [0.05, 0.1) is 13.7 Å². The molecule has 1 unspecified atom stereocenters. The number of nitrogens with one attached hydrogen (secondary N) is 1. The molecule has 0 aliphatic carbocycles. The molecule has 0 saturated carbocycles. The van der Waals surface area contributed by atoms with Crippen LogP contribution in [-0.4, -0.2) is 43.7 Å². The van der Waals surface area contributed by atoms with Gasteiger partial charge in [0.1, 0.15) is 17.1 Å². The van der Waals surface area contributed by atoms with Crippen molar-refractivity contribution in [3.63, 3.8) is 0 Å². The highest BCUT2D eigenvalue weighted by atomic mass is 16.5. The Balaban J connectivity index is 1.80. The number of furan rings is 1. The van der Waals surface area contributed by atoms with Gasteiger partial charge in [0.15, 0.2) is 0 Å². The standard InChI is InChI=1S/C16H26N2O3/c1-12(11-18-7-5-4-6-8-18)17-10-14-9-15(13(2)21-14)16(19)20-3/h9,12,17H,4-8,10-11H2,1-3H3. The molecule has 0 bridgehead atoms. The third kappa shape index (κ3) is 4.58. The molecule has 1 aromatic rings. The Hall–Kier alpha value is -1.33. The van der Waals surface area contributed by atoms with Gasteiger partial charge in [0.2, 0.25) is 0 Å². The molecule has 118 valence electrons. The summed E-state index contributed by atoms with van der Waals surface area (Å²) in [4.78, 5) is 14.0. The number of rotatable bonds is 6. The first-order valence-electron chi connectivity index (χ1n) is 7.73. The third-order valence-electron chi connectivity index (χ3n) is 3.98. The zero-order valence-electron chi connectivity index (χ0n) is 13.3. The van der Waals surface area contributed by atoms with E-state index in [9.17, 15) is 4.79 Å². The molecule has 1 aromatic heterocycles. The van der Waals surface area contributed by atoms with Crippen LogP contribution < -0.4 is 5.32 Å². The lowest BCUT2D eigenvalue weighted by Gasteiger charge is -2.29. The Labute approximate surface area is 126 Å². The van der Waals surface area contributed by atoms with Gasteiger partial charge in [-0.05, 0) is 45.8 Å². The molecule has 1 aliphatic heterocycles. The zero-order chi connectivity index (χ0) is 15.2. The molecule has 0 aromatic carbocycles. The molecule has 1 fully saturated rings. The van der Waals surface area contributed by atoms with Crippen molar-refractivity contribution < 1.29 is 13.9 Å². The lowest BCUT2D eigenvalue weighted by atomic mass is 10.1. The van der Waals surface area contributed by atoms with E-state index >= 15 is 0 Å². The minimum Gasteiger partial charge on any atom is -0.465 e. The summed E-state index contributed by atoms with van der Waals surface area (Å²) < 4.78 is 10.3. The lowest BCUT2D eigenvalue weighted by molar-refractivity contribution is 0.0599. The van der Waals surface area contributed by atoms with Crippen LogP contribution >= 0.6 is 0 Å². The summed E-state index contributed by atoms with van der Waals surface area (Å²) in [6.45, 7) is 8.08. The van der Waals surface area contributed by atoms with Gasteiger partial charge in [0, 0.05) is 12.6 Å². The van der Waals surface area contributed by atoms with Gasteiger partial charge in [-0.3, -0.25) is 0 Å². The average Bonchev–Trinajstić information content (AvgIpc) is 2.86. The predicted octanol–water partition coefficient (Wildman–Crippen LogP) is 2.34. The van der Waals surface area contributed by atoms with E-state index in [1.54, 1.807) is 13.0 Å². The third-order valence-corrected chi connectivity index (χ3v) is 3.98. The number of carbonyl (C=O) groups excluding carboxylic acids is 1. The topological polar surface area (TPSA) is 54.7 Å². The molecule has 0 spiro atoms. The van der Waals surface area contributed by atoms with Gasteiger partial charge >= 0.3 is 5.97 Å². The maximum atomic E-state index is 11.5. The van der Waals surface area contributed by atoms with E-state index in [4.69, 9.17) is 9.15 Å². The Morgan fingerprint density at radius 2 is 2.14 bits per heavy atom. The molecule has 5 heteroatoms. The normalized spacial score (nSPS) is 17.7. The Kier molecular flexibility index (Phi) is 5.82. The highest BCUT2D eigenvalue weighted by molar-refractivity contribution is 5.90. The quantitative estimate of drug-likeness (QED) is 0.816. The van der Waals surface area contributed by atoms with Crippen LogP contribution in [0.5, 0.6) is 0 Å². The van der Waals surface area contributed by atoms with Crippen molar-refractivity contribution in [2.45, 2.75) is 45.7 Å². The fourth-order valence-electron chi connectivity index (χ4n) is 2.81. The molecule has 0 amide bonds. The Morgan fingerprint density at radius 3 is 2.81 bits per heavy atom. The molecule has 1 aliphatic rings. The smallest absolute Gasteiger partial charge is 0.341 e. The number of hydrogen-bond acceptors (Lipinski definition) is 5. The van der Waals surface area contributed by atoms with E-state index in [-0.39, 0.29) is 5.97 Å². The summed E-state index contributed by atoms with van der Waals surface area (Å²) in [5, 5.41) is 3.46. The first kappa shape index (κ1) is 16.0. The average molecular weight is 294 g/mol. The SMILES string of the molecule is COC(=O)c1cc(CNC(C)CN2CCCCC2)oc1C. The van der Waals surface area contributed by atoms with Gasteiger partial charge in [-0.2, -0.15) is 0 Å². The fraction of sp³-hybridized carbons (Fsp3) is 0.688.